The average molecular weight is 402 g/mol. The summed E-state index contributed by atoms with van der Waals surface area (Å²) in [6.45, 7) is -0.248. The molecule has 0 radical (unpaired) electrons. The third-order valence-electron chi connectivity index (χ3n) is 3.68. The van der Waals surface area contributed by atoms with Crippen molar-refractivity contribution in [3.63, 3.8) is 0 Å². The number of thiocarbonyl (C=S) groups is 1. The maximum Gasteiger partial charge on any atom is 0.265 e. The van der Waals surface area contributed by atoms with Gasteiger partial charge in [-0.3, -0.25) is 14.5 Å². The number of amides is 2. The van der Waals surface area contributed by atoms with Gasteiger partial charge in [0.15, 0.2) is 6.61 Å². The number of nitrogens with one attached hydrogen (secondary N) is 1. The van der Waals surface area contributed by atoms with E-state index in [9.17, 15) is 14.0 Å². The molecule has 1 heterocycles. The molecule has 1 saturated heterocycles. The van der Waals surface area contributed by atoms with Crippen LogP contribution in [0, 0.1) is 5.82 Å². The summed E-state index contributed by atoms with van der Waals surface area (Å²) in [5, 5.41) is 2.45. The second-order valence-electron chi connectivity index (χ2n) is 5.63. The van der Waals surface area contributed by atoms with Crippen LogP contribution in [0.1, 0.15) is 5.56 Å². The van der Waals surface area contributed by atoms with Crippen molar-refractivity contribution in [2.24, 2.45) is 0 Å². The quantitative estimate of drug-likeness (QED) is 0.611. The number of thioether (sulfide) groups is 1. The molecule has 1 aliphatic heterocycles. The van der Waals surface area contributed by atoms with Gasteiger partial charge in [0.1, 0.15) is 15.9 Å². The normalized spacial score (nSPS) is 15.3. The standard InChI is InChI=1S/C19H15FN2O3S2/c1-22-18(24)16(27-19(22)26)10-12-6-8-13(9-7-12)25-11-17(23)21-15-5-3-2-4-14(15)20/h2-10H,11H2,1H3,(H,21,23)/b16-10-. The lowest BCUT2D eigenvalue weighted by molar-refractivity contribution is -0.121. The van der Waals surface area contributed by atoms with Crippen LogP contribution in [0.5, 0.6) is 5.75 Å². The Balaban J connectivity index is 1.57. The summed E-state index contributed by atoms with van der Waals surface area (Å²) >= 11 is 6.34. The Labute approximate surface area is 165 Å². The Kier molecular flexibility index (Phi) is 5.88. The maximum atomic E-state index is 13.5. The van der Waals surface area contributed by atoms with Gasteiger partial charge in [0, 0.05) is 7.05 Å². The molecular weight excluding hydrogens is 387 g/mol. The van der Waals surface area contributed by atoms with E-state index >= 15 is 0 Å². The van der Waals surface area contributed by atoms with E-state index in [4.69, 9.17) is 17.0 Å². The largest absolute Gasteiger partial charge is 0.484 e. The van der Waals surface area contributed by atoms with Crippen molar-refractivity contribution < 1.29 is 18.7 Å². The van der Waals surface area contributed by atoms with Gasteiger partial charge in [-0.1, -0.05) is 48.2 Å². The van der Waals surface area contributed by atoms with E-state index in [1.165, 1.54) is 28.8 Å². The maximum absolute atomic E-state index is 13.5. The minimum atomic E-state index is -0.507. The number of anilines is 1. The van der Waals surface area contributed by atoms with Crippen molar-refractivity contribution in [1.29, 1.82) is 0 Å². The Morgan fingerprint density at radius 1 is 1.26 bits per heavy atom. The van der Waals surface area contributed by atoms with Crippen molar-refractivity contribution >= 4 is 51.9 Å². The van der Waals surface area contributed by atoms with E-state index in [0.29, 0.717) is 15.0 Å². The van der Waals surface area contributed by atoms with Crippen LogP contribution in [0.4, 0.5) is 10.1 Å². The van der Waals surface area contributed by atoms with E-state index in [1.807, 2.05) is 0 Å². The SMILES string of the molecule is CN1C(=O)/C(=C/c2ccc(OCC(=O)Nc3ccccc3F)cc2)SC1=S. The first-order chi connectivity index (χ1) is 12.9. The van der Waals surface area contributed by atoms with Crippen LogP contribution < -0.4 is 10.1 Å². The first-order valence-electron chi connectivity index (χ1n) is 7.93. The Morgan fingerprint density at radius 2 is 1.96 bits per heavy atom. The first-order valence-corrected chi connectivity index (χ1v) is 9.15. The molecule has 8 heteroatoms. The summed E-state index contributed by atoms with van der Waals surface area (Å²) in [6, 6.07) is 12.8. The zero-order valence-corrected chi connectivity index (χ0v) is 15.9. The van der Waals surface area contributed by atoms with E-state index in [0.717, 1.165) is 5.56 Å². The molecule has 0 spiro atoms. The van der Waals surface area contributed by atoms with Gasteiger partial charge in [0.05, 0.1) is 10.6 Å². The van der Waals surface area contributed by atoms with Gasteiger partial charge in [-0.15, -0.1) is 0 Å². The highest BCUT2D eigenvalue weighted by molar-refractivity contribution is 8.26. The highest BCUT2D eigenvalue weighted by Crippen LogP contribution is 2.31. The summed E-state index contributed by atoms with van der Waals surface area (Å²) in [7, 11) is 1.64. The number of para-hydroxylation sites is 1. The topological polar surface area (TPSA) is 58.6 Å². The molecule has 0 saturated carbocycles. The summed E-state index contributed by atoms with van der Waals surface area (Å²) in [5.41, 5.74) is 0.918. The predicted molar refractivity (Wildman–Crippen MR) is 108 cm³/mol. The molecule has 0 bridgehead atoms. The molecule has 1 fully saturated rings. The monoisotopic (exact) mass is 402 g/mol. The summed E-state index contributed by atoms with van der Waals surface area (Å²) in [4.78, 5) is 25.8. The lowest BCUT2D eigenvalue weighted by Gasteiger charge is -2.08. The van der Waals surface area contributed by atoms with E-state index in [-0.39, 0.29) is 18.2 Å². The molecule has 2 aromatic rings. The zero-order valence-electron chi connectivity index (χ0n) is 14.3. The lowest BCUT2D eigenvalue weighted by atomic mass is 10.2. The Hall–Kier alpha value is -2.71. The van der Waals surface area contributed by atoms with E-state index < -0.39 is 11.7 Å². The molecule has 2 amide bonds. The van der Waals surface area contributed by atoms with Crippen molar-refractivity contribution in [3.8, 4) is 5.75 Å². The molecule has 2 aromatic carbocycles. The van der Waals surface area contributed by atoms with E-state index in [1.54, 1.807) is 49.5 Å². The van der Waals surface area contributed by atoms with Gasteiger partial charge in [0.25, 0.3) is 11.8 Å². The van der Waals surface area contributed by atoms with Gasteiger partial charge < -0.3 is 10.1 Å². The minimum absolute atomic E-state index is 0.106. The number of hydrogen-bond acceptors (Lipinski definition) is 5. The van der Waals surface area contributed by atoms with Gasteiger partial charge in [0.2, 0.25) is 0 Å². The average Bonchev–Trinajstić information content (AvgIpc) is 2.90. The number of rotatable bonds is 5. The van der Waals surface area contributed by atoms with Crippen molar-refractivity contribution in [3.05, 3.63) is 64.8 Å². The van der Waals surface area contributed by atoms with Crippen molar-refractivity contribution in [2.45, 2.75) is 0 Å². The molecule has 3 rings (SSSR count). The number of carbonyl (C=O) groups is 2. The third kappa shape index (κ3) is 4.72. The number of carbonyl (C=O) groups excluding carboxylic acids is 2. The number of hydrogen-bond donors (Lipinski definition) is 1. The molecule has 0 aromatic heterocycles. The van der Waals surface area contributed by atoms with Crippen LogP contribution in [-0.4, -0.2) is 34.7 Å². The summed E-state index contributed by atoms with van der Waals surface area (Å²) in [6.07, 6.45) is 1.75. The third-order valence-corrected chi connectivity index (χ3v) is 5.17. The second kappa shape index (κ2) is 8.32. The predicted octanol–water partition coefficient (Wildman–Crippen LogP) is 3.67. The van der Waals surface area contributed by atoms with Crippen molar-refractivity contribution in [2.75, 3.05) is 19.0 Å². The fraction of sp³-hybridized carbons (Fsp3) is 0.105. The van der Waals surface area contributed by atoms with Gasteiger partial charge in [-0.25, -0.2) is 4.39 Å². The molecule has 27 heavy (non-hydrogen) atoms. The molecule has 1 aliphatic rings. The molecule has 1 N–H and O–H groups in total. The highest BCUT2D eigenvalue weighted by atomic mass is 32.2. The molecule has 0 unspecified atom stereocenters. The van der Waals surface area contributed by atoms with Gasteiger partial charge >= 0.3 is 0 Å². The Morgan fingerprint density at radius 3 is 2.59 bits per heavy atom. The highest BCUT2D eigenvalue weighted by Gasteiger charge is 2.28. The number of likely N-dealkylation sites (N-methyl/N-ethyl adjacent to an activating group) is 1. The molecule has 0 atom stereocenters. The minimum Gasteiger partial charge on any atom is -0.484 e. The molecular formula is C19H15FN2O3S2. The van der Waals surface area contributed by atoms with Crippen LogP contribution in [-0.2, 0) is 9.59 Å². The van der Waals surface area contributed by atoms with Crippen molar-refractivity contribution in [1.82, 2.24) is 4.90 Å². The summed E-state index contributed by atoms with van der Waals surface area (Å²) < 4.78 is 19.4. The molecule has 138 valence electrons. The Bertz CT molecular complexity index is 929. The van der Waals surface area contributed by atoms with Crippen LogP contribution >= 0.6 is 24.0 Å². The molecule has 0 aliphatic carbocycles. The van der Waals surface area contributed by atoms with Gasteiger partial charge in [-0.05, 0) is 35.9 Å². The summed E-state index contributed by atoms with van der Waals surface area (Å²) in [5.74, 6) is -0.613. The smallest absolute Gasteiger partial charge is 0.265 e. The number of ether oxygens (including phenoxy) is 1. The molecule has 5 nitrogen and oxygen atoms in total. The fourth-order valence-electron chi connectivity index (χ4n) is 2.25. The second-order valence-corrected chi connectivity index (χ2v) is 7.30. The fourth-order valence-corrected chi connectivity index (χ4v) is 3.43. The number of benzene rings is 2. The van der Waals surface area contributed by atoms with E-state index in [2.05, 4.69) is 5.32 Å². The lowest BCUT2D eigenvalue weighted by Crippen LogP contribution is -2.22. The van der Waals surface area contributed by atoms with Crippen LogP contribution in [0.2, 0.25) is 0 Å². The zero-order chi connectivity index (χ0) is 19.4. The number of halogens is 1. The first kappa shape index (κ1) is 19.1. The van der Waals surface area contributed by atoms with Gasteiger partial charge in [-0.2, -0.15) is 0 Å². The number of nitrogens with zero attached hydrogens (tertiary/aromatic N) is 1. The van der Waals surface area contributed by atoms with Crippen LogP contribution in [0.25, 0.3) is 6.08 Å². The van der Waals surface area contributed by atoms with Crippen LogP contribution in [0.3, 0.4) is 0 Å². The van der Waals surface area contributed by atoms with Crippen LogP contribution in [0.15, 0.2) is 53.4 Å².